The van der Waals surface area contributed by atoms with Crippen LogP contribution in [-0.2, 0) is 12.8 Å². The third-order valence-corrected chi connectivity index (χ3v) is 4.74. The van der Waals surface area contributed by atoms with E-state index in [-0.39, 0.29) is 5.91 Å². The molecular weight excluding hydrogens is 254 g/mol. The van der Waals surface area contributed by atoms with E-state index in [0.717, 1.165) is 24.1 Å². The molecule has 0 aliphatic heterocycles. The van der Waals surface area contributed by atoms with Gasteiger partial charge in [0.2, 0.25) is 0 Å². The van der Waals surface area contributed by atoms with E-state index in [9.17, 15) is 4.79 Å². The average molecular weight is 275 g/mol. The van der Waals surface area contributed by atoms with Crippen LogP contribution in [0.15, 0.2) is 30.4 Å². The Morgan fingerprint density at radius 3 is 2.95 bits per heavy atom. The number of hydrogen-bond donors (Lipinski definition) is 1. The van der Waals surface area contributed by atoms with Gasteiger partial charge in [-0.05, 0) is 43.7 Å². The maximum atomic E-state index is 12.1. The summed E-state index contributed by atoms with van der Waals surface area (Å²) in [5.41, 5.74) is 2.59. The van der Waals surface area contributed by atoms with Gasteiger partial charge in [0.15, 0.2) is 0 Å². The molecule has 0 unspecified atom stereocenters. The van der Waals surface area contributed by atoms with Gasteiger partial charge in [-0.2, -0.15) is 0 Å². The summed E-state index contributed by atoms with van der Waals surface area (Å²) in [5.74, 6) is 0.0582. The largest absolute Gasteiger partial charge is 0.348 e. The average Bonchev–Trinajstić information content (AvgIpc) is 2.87. The van der Waals surface area contributed by atoms with Gasteiger partial charge in [0.1, 0.15) is 0 Å². The van der Waals surface area contributed by atoms with Crippen molar-refractivity contribution in [3.63, 3.8) is 0 Å². The van der Waals surface area contributed by atoms with Crippen LogP contribution < -0.4 is 5.32 Å². The molecule has 1 N–H and O–H groups in total. The monoisotopic (exact) mass is 275 g/mol. The molecular formula is C16H21NOS. The molecule has 0 saturated heterocycles. The zero-order chi connectivity index (χ0) is 13.7. The van der Waals surface area contributed by atoms with Crippen molar-refractivity contribution in [1.29, 1.82) is 0 Å². The molecule has 0 saturated carbocycles. The molecule has 1 amide bonds. The third-order valence-electron chi connectivity index (χ3n) is 3.50. The number of fused-ring (bicyclic) bond motifs is 1. The van der Waals surface area contributed by atoms with E-state index in [2.05, 4.69) is 24.9 Å². The van der Waals surface area contributed by atoms with Crippen LogP contribution in [0.1, 0.15) is 46.3 Å². The summed E-state index contributed by atoms with van der Waals surface area (Å²) in [6, 6.07) is 2.08. The number of aryl methyl sites for hydroxylation is 2. The van der Waals surface area contributed by atoms with Crippen LogP contribution >= 0.6 is 11.3 Å². The maximum Gasteiger partial charge on any atom is 0.261 e. The van der Waals surface area contributed by atoms with E-state index in [1.807, 2.05) is 6.08 Å². The smallest absolute Gasteiger partial charge is 0.261 e. The minimum atomic E-state index is 0.0582. The van der Waals surface area contributed by atoms with Gasteiger partial charge in [-0.3, -0.25) is 4.79 Å². The van der Waals surface area contributed by atoms with Crippen LogP contribution in [0.5, 0.6) is 0 Å². The quantitative estimate of drug-likeness (QED) is 0.812. The van der Waals surface area contributed by atoms with Crippen LogP contribution in [0.2, 0.25) is 0 Å². The Morgan fingerprint density at radius 2 is 2.26 bits per heavy atom. The fourth-order valence-corrected chi connectivity index (χ4v) is 3.52. The molecule has 0 spiro atoms. The number of amides is 1. The summed E-state index contributed by atoms with van der Waals surface area (Å²) < 4.78 is 0. The third kappa shape index (κ3) is 3.57. The van der Waals surface area contributed by atoms with Crippen molar-refractivity contribution in [3.8, 4) is 0 Å². The molecule has 19 heavy (non-hydrogen) atoms. The second-order valence-electron chi connectivity index (χ2n) is 4.86. The Kier molecular flexibility index (Phi) is 4.97. The number of allylic oxidation sites excluding steroid dienone is 2. The summed E-state index contributed by atoms with van der Waals surface area (Å²) >= 11 is 1.66. The van der Waals surface area contributed by atoms with Crippen molar-refractivity contribution in [3.05, 3.63) is 45.7 Å². The topological polar surface area (TPSA) is 29.1 Å². The predicted octanol–water partition coefficient (Wildman–Crippen LogP) is 3.88. The van der Waals surface area contributed by atoms with Gasteiger partial charge in [-0.1, -0.05) is 31.2 Å². The Balaban J connectivity index is 1.98. The highest BCUT2D eigenvalue weighted by atomic mass is 32.1. The number of carbonyl (C=O) groups excluding carboxylic acids is 1. The van der Waals surface area contributed by atoms with Gasteiger partial charge in [0.05, 0.1) is 4.88 Å². The highest BCUT2D eigenvalue weighted by Gasteiger charge is 2.16. The van der Waals surface area contributed by atoms with Crippen LogP contribution in [0.25, 0.3) is 0 Å². The number of thiophene rings is 1. The Labute approximate surface area is 119 Å². The fraction of sp³-hybridized carbons (Fsp3) is 0.438. The second-order valence-corrected chi connectivity index (χ2v) is 6.00. The minimum Gasteiger partial charge on any atom is -0.348 e. The molecule has 1 heterocycles. The van der Waals surface area contributed by atoms with E-state index >= 15 is 0 Å². The van der Waals surface area contributed by atoms with Crippen LogP contribution in [0.4, 0.5) is 0 Å². The molecule has 0 fully saturated rings. The van der Waals surface area contributed by atoms with E-state index in [1.165, 1.54) is 28.9 Å². The van der Waals surface area contributed by atoms with Gasteiger partial charge < -0.3 is 5.32 Å². The molecule has 0 aromatic carbocycles. The van der Waals surface area contributed by atoms with E-state index in [1.54, 1.807) is 17.4 Å². The lowest BCUT2D eigenvalue weighted by Gasteiger charge is -2.08. The Morgan fingerprint density at radius 1 is 1.47 bits per heavy atom. The lowest BCUT2D eigenvalue weighted by molar-refractivity contribution is 0.0961. The van der Waals surface area contributed by atoms with Crippen LogP contribution in [0.3, 0.4) is 0 Å². The number of hydrogen-bond acceptors (Lipinski definition) is 2. The highest BCUT2D eigenvalue weighted by molar-refractivity contribution is 7.14. The zero-order valence-corrected chi connectivity index (χ0v) is 12.3. The highest BCUT2D eigenvalue weighted by Crippen LogP contribution is 2.29. The Hall–Kier alpha value is -1.35. The van der Waals surface area contributed by atoms with Crippen LogP contribution in [-0.4, -0.2) is 12.5 Å². The first-order chi connectivity index (χ1) is 9.24. The maximum absolute atomic E-state index is 12.1. The normalized spacial score (nSPS) is 14.9. The molecule has 2 nitrogen and oxygen atoms in total. The zero-order valence-electron chi connectivity index (χ0n) is 11.5. The van der Waals surface area contributed by atoms with Gasteiger partial charge in [0.25, 0.3) is 5.91 Å². The van der Waals surface area contributed by atoms with Gasteiger partial charge in [-0.15, -0.1) is 11.3 Å². The first-order valence-corrected chi connectivity index (χ1v) is 7.76. The van der Waals surface area contributed by atoms with E-state index in [4.69, 9.17) is 0 Å². The first kappa shape index (κ1) is 14.1. The summed E-state index contributed by atoms with van der Waals surface area (Å²) in [6.45, 7) is 6.39. The van der Waals surface area contributed by atoms with E-state index in [0.29, 0.717) is 6.54 Å². The lowest BCUT2D eigenvalue weighted by atomic mass is 9.99. The van der Waals surface area contributed by atoms with Gasteiger partial charge in [-0.25, -0.2) is 0 Å². The minimum absolute atomic E-state index is 0.0582. The Bertz CT molecular complexity index is 475. The standard InChI is InChI=1S/C16H21NOS/c1-3-7-12(4-2)11-17-16(18)15-10-13-8-5-6-9-14(13)19-15/h3,7,10H,1,4-6,8-9,11H2,2H3,(H,17,18)/b12-7+. The molecule has 102 valence electrons. The molecule has 3 heteroatoms. The molecule has 1 aliphatic carbocycles. The van der Waals surface area contributed by atoms with Gasteiger partial charge in [0, 0.05) is 11.4 Å². The summed E-state index contributed by atoms with van der Waals surface area (Å²) in [6.07, 6.45) is 9.48. The van der Waals surface area contributed by atoms with Crippen LogP contribution in [0, 0.1) is 0 Å². The molecule has 0 radical (unpaired) electrons. The fourth-order valence-electron chi connectivity index (χ4n) is 2.35. The second kappa shape index (κ2) is 6.71. The van der Waals surface area contributed by atoms with Crippen molar-refractivity contribution in [2.75, 3.05) is 6.54 Å². The predicted molar refractivity (Wildman–Crippen MR) is 81.9 cm³/mol. The molecule has 1 aromatic heterocycles. The van der Waals surface area contributed by atoms with Crippen molar-refractivity contribution in [2.24, 2.45) is 0 Å². The molecule has 1 aromatic rings. The summed E-state index contributed by atoms with van der Waals surface area (Å²) in [7, 11) is 0. The summed E-state index contributed by atoms with van der Waals surface area (Å²) in [4.78, 5) is 14.4. The lowest BCUT2D eigenvalue weighted by Crippen LogP contribution is -2.24. The molecule has 0 atom stereocenters. The summed E-state index contributed by atoms with van der Waals surface area (Å²) in [5, 5.41) is 3.00. The first-order valence-electron chi connectivity index (χ1n) is 6.94. The van der Waals surface area contributed by atoms with E-state index < -0.39 is 0 Å². The van der Waals surface area contributed by atoms with Crippen molar-refractivity contribution >= 4 is 17.2 Å². The number of nitrogens with one attached hydrogen (secondary N) is 1. The number of rotatable bonds is 5. The molecule has 2 rings (SSSR count). The molecule has 1 aliphatic rings. The molecule has 0 bridgehead atoms. The van der Waals surface area contributed by atoms with Crippen molar-refractivity contribution < 1.29 is 4.79 Å². The van der Waals surface area contributed by atoms with Crippen molar-refractivity contribution in [1.82, 2.24) is 5.32 Å². The SMILES string of the molecule is C=C/C=C(\CC)CNC(=O)c1cc2c(s1)CCCC2. The van der Waals surface area contributed by atoms with Gasteiger partial charge >= 0.3 is 0 Å². The van der Waals surface area contributed by atoms with Crippen molar-refractivity contribution in [2.45, 2.75) is 39.0 Å². The number of carbonyl (C=O) groups is 1.